The molecule has 322 valence electrons. The molecule has 0 saturated carbocycles. The number of nitrogens with two attached hydrogens (primary N) is 1. The third-order valence-corrected chi connectivity index (χ3v) is 14.1. The van der Waals surface area contributed by atoms with Crippen LogP contribution in [0.3, 0.4) is 0 Å². The van der Waals surface area contributed by atoms with Gasteiger partial charge in [-0.15, -0.1) is 0 Å². The molecular weight excluding hydrogens is 1450 g/mol. The Labute approximate surface area is 412 Å². The Morgan fingerprint density at radius 3 is 1.14 bits per heavy atom. The molecule has 12 N–H and O–H groups in total. The van der Waals surface area contributed by atoms with Crippen molar-refractivity contribution in [3.8, 4) is 0 Å². The predicted molar refractivity (Wildman–Crippen MR) is 257 cm³/mol. The molecule has 0 fully saturated rings. The predicted octanol–water partition coefficient (Wildman–Crippen LogP) is -1.52. The van der Waals surface area contributed by atoms with Crippen molar-refractivity contribution in [2.45, 2.75) is 12.2 Å². The van der Waals surface area contributed by atoms with Crippen LogP contribution in [-0.4, -0.2) is 177 Å². The lowest BCUT2D eigenvalue weighted by Crippen LogP contribution is -2.43. The summed E-state index contributed by atoms with van der Waals surface area (Å²) in [5.41, 5.74) is 4.01. The van der Waals surface area contributed by atoms with Crippen LogP contribution < -0.4 is 21.3 Å². The highest BCUT2D eigenvalue weighted by Gasteiger charge is 2.40. The van der Waals surface area contributed by atoms with Crippen LogP contribution in [0.5, 0.6) is 0 Å². The molecule has 20 nitrogen and oxygen atoms in total. The lowest BCUT2D eigenvalue weighted by molar-refractivity contribution is -0.135. The number of nitrogens with zero attached hydrogens (tertiary/aromatic N) is 3. The van der Waals surface area contributed by atoms with Gasteiger partial charge in [-0.25, -0.2) is 0 Å². The number of aliphatic hydroxyl groups is 8. The van der Waals surface area contributed by atoms with Gasteiger partial charge >= 0.3 is 11.8 Å². The Kier molecular flexibility index (Phi) is 23.4. The molecule has 2 aromatic carbocycles. The van der Waals surface area contributed by atoms with E-state index in [1.807, 2.05) is 0 Å². The maximum atomic E-state index is 14.4. The van der Waals surface area contributed by atoms with Gasteiger partial charge in [0.2, 0.25) is 0 Å². The van der Waals surface area contributed by atoms with Crippen LogP contribution >= 0.6 is 136 Å². The summed E-state index contributed by atoms with van der Waals surface area (Å²) in [5.74, 6) is -6.53. The number of halogens is 6. The number of benzene rings is 2. The third-order valence-electron chi connectivity index (χ3n) is 7.72. The smallest absolute Gasteiger partial charge is 0.320 e. The van der Waals surface area contributed by atoms with Gasteiger partial charge in [0, 0.05) is 46.4 Å². The number of hydrogen-bond acceptors (Lipinski definition) is 14. The summed E-state index contributed by atoms with van der Waals surface area (Å²) in [6.07, 6.45) is -2.92. The zero-order valence-corrected chi connectivity index (χ0v) is 42.8. The van der Waals surface area contributed by atoms with E-state index in [4.69, 9.17) is 5.73 Å². The van der Waals surface area contributed by atoms with E-state index in [9.17, 15) is 69.6 Å². The van der Waals surface area contributed by atoms with Gasteiger partial charge in [0.1, 0.15) is 0 Å². The molecule has 0 bridgehead atoms. The fraction of sp³-hybridized carbons (Fsp3) is 0.438. The highest BCUT2D eigenvalue weighted by molar-refractivity contribution is 14.1. The quantitative estimate of drug-likeness (QED) is 0.0531. The number of amides is 6. The van der Waals surface area contributed by atoms with Crippen molar-refractivity contribution in [3.63, 3.8) is 0 Å². The van der Waals surface area contributed by atoms with E-state index in [-0.39, 0.29) is 81.2 Å². The summed E-state index contributed by atoms with van der Waals surface area (Å²) in [5, 5.41) is 83.3. The van der Waals surface area contributed by atoms with Gasteiger partial charge < -0.3 is 67.0 Å². The Balaban J connectivity index is 3.40. The summed E-state index contributed by atoms with van der Waals surface area (Å²) in [4.78, 5) is 86.5. The van der Waals surface area contributed by atoms with Crippen molar-refractivity contribution in [3.05, 3.63) is 43.7 Å². The van der Waals surface area contributed by atoms with E-state index in [0.29, 0.717) is 0 Å². The van der Waals surface area contributed by atoms with E-state index in [2.05, 4.69) is 10.6 Å². The molecule has 0 heterocycles. The fourth-order valence-electron chi connectivity index (χ4n) is 5.14. The van der Waals surface area contributed by atoms with Crippen molar-refractivity contribution in [2.75, 3.05) is 83.8 Å². The summed E-state index contributed by atoms with van der Waals surface area (Å²) in [7, 11) is 0. The van der Waals surface area contributed by atoms with E-state index < -0.39 is 100 Å². The molecule has 0 saturated heterocycles. The van der Waals surface area contributed by atoms with Crippen LogP contribution in [0, 0.1) is 21.4 Å². The molecule has 2 aromatic rings. The third kappa shape index (κ3) is 12.7. The molecule has 2 atom stereocenters. The number of aliphatic hydroxyl groups excluding tert-OH is 8. The Hall–Kier alpha value is -0.680. The van der Waals surface area contributed by atoms with E-state index in [0.717, 1.165) is 14.7 Å². The first kappa shape index (κ1) is 53.5. The molecule has 0 radical (unpaired) electrons. The number of nitrogens with one attached hydrogen (secondary N) is 2. The molecule has 6 amide bonds. The van der Waals surface area contributed by atoms with Crippen LogP contribution in [0.4, 0.5) is 11.4 Å². The largest absolute Gasteiger partial charge is 0.395 e. The van der Waals surface area contributed by atoms with Crippen molar-refractivity contribution in [1.29, 1.82) is 0 Å². The van der Waals surface area contributed by atoms with Crippen LogP contribution in [-0.2, 0) is 9.59 Å². The number of rotatable bonds is 20. The molecule has 2 rings (SSSR count). The monoisotopic (exact) mass is 1490 g/mol. The zero-order chi connectivity index (χ0) is 44.2. The van der Waals surface area contributed by atoms with Crippen molar-refractivity contribution in [1.82, 2.24) is 20.4 Å². The molecule has 26 heteroatoms. The normalized spacial score (nSPS) is 12.1. The molecule has 58 heavy (non-hydrogen) atoms. The second-order valence-electron chi connectivity index (χ2n) is 11.7. The molecular formula is C32H38I6N6O14. The SMILES string of the molecule is NC(=O)C(=O)N(c1c(I)c(C(=O)NCCO)c(I)c(C(=O)N(CCO)CC(O)CO)c1I)c1c(I)c(C(=O)NCCO)c(I)c(C(=O)N(CCO)CC(O)CO)c1I. The number of primary amides is 1. The van der Waals surface area contributed by atoms with Crippen LogP contribution in [0.25, 0.3) is 0 Å². The Morgan fingerprint density at radius 2 is 0.862 bits per heavy atom. The van der Waals surface area contributed by atoms with Gasteiger partial charge in [0.15, 0.2) is 0 Å². The van der Waals surface area contributed by atoms with Gasteiger partial charge in [-0.1, -0.05) is 0 Å². The van der Waals surface area contributed by atoms with E-state index in [1.165, 1.54) is 0 Å². The first-order valence-corrected chi connectivity index (χ1v) is 23.0. The topological polar surface area (TPSA) is 324 Å². The summed E-state index contributed by atoms with van der Waals surface area (Å²) >= 11 is 10.2. The molecule has 0 aliphatic carbocycles. The highest BCUT2D eigenvalue weighted by atomic mass is 127. The van der Waals surface area contributed by atoms with Crippen LogP contribution in [0.1, 0.15) is 41.4 Å². The molecule has 0 aromatic heterocycles. The first-order valence-electron chi connectivity index (χ1n) is 16.5. The number of hydrogen-bond donors (Lipinski definition) is 11. The fourth-order valence-corrected chi connectivity index (χ4v) is 14.3. The molecule has 0 aliphatic rings. The van der Waals surface area contributed by atoms with Gasteiger partial charge in [-0.3, -0.25) is 33.7 Å². The van der Waals surface area contributed by atoms with Crippen molar-refractivity contribution >= 4 is 182 Å². The lowest BCUT2D eigenvalue weighted by atomic mass is 10.0. The van der Waals surface area contributed by atoms with Gasteiger partial charge in [-0.05, 0) is 136 Å². The second-order valence-corrected chi connectivity index (χ2v) is 18.1. The minimum Gasteiger partial charge on any atom is -0.395 e. The zero-order valence-electron chi connectivity index (χ0n) is 29.9. The standard InChI is InChI=1S/C32H38I6N6O14/c33-19-15(28(54)40-1-5-45)21(35)25(23(37)17(19)30(56)42(3-7-47)9-13(51)11-49)44(32(58)27(39)53)26-22(36)16(29(55)41-2-6-46)20(34)18(24(26)38)31(57)43(4-8-48)10-14(52)12-50/h13-14,45-52H,1-12H2,(H2,39,53)(H,40,54)(H,41,55). The first-order chi connectivity index (χ1) is 27.3. The van der Waals surface area contributed by atoms with Crippen molar-refractivity contribution < 1.29 is 69.6 Å². The van der Waals surface area contributed by atoms with E-state index in [1.54, 1.807) is 136 Å². The Morgan fingerprint density at radius 1 is 0.534 bits per heavy atom. The maximum Gasteiger partial charge on any atom is 0.320 e. The summed E-state index contributed by atoms with van der Waals surface area (Å²) < 4.78 is -0.314. The highest BCUT2D eigenvalue weighted by Crippen LogP contribution is 2.46. The number of carbonyl (C=O) groups is 6. The average molecular weight is 1490 g/mol. The minimum atomic E-state index is -1.56. The van der Waals surface area contributed by atoms with Gasteiger partial charge in [0.25, 0.3) is 23.6 Å². The van der Waals surface area contributed by atoms with Gasteiger partial charge in [0.05, 0.1) is 99.8 Å². The van der Waals surface area contributed by atoms with E-state index >= 15 is 0 Å². The number of anilines is 2. The lowest BCUT2D eigenvalue weighted by Gasteiger charge is -2.32. The molecule has 2 unspecified atom stereocenters. The minimum absolute atomic E-state index is 0.00230. The van der Waals surface area contributed by atoms with Crippen LogP contribution in [0.2, 0.25) is 0 Å². The van der Waals surface area contributed by atoms with Crippen molar-refractivity contribution in [2.24, 2.45) is 5.73 Å². The molecule has 0 aliphatic heterocycles. The Bertz CT molecular complexity index is 1770. The number of carbonyl (C=O) groups excluding carboxylic acids is 6. The van der Waals surface area contributed by atoms with Gasteiger partial charge in [-0.2, -0.15) is 0 Å². The summed E-state index contributed by atoms with van der Waals surface area (Å²) in [6, 6.07) is 0. The molecule has 0 spiro atoms. The summed E-state index contributed by atoms with van der Waals surface area (Å²) in [6.45, 7) is -5.88. The van der Waals surface area contributed by atoms with Crippen LogP contribution in [0.15, 0.2) is 0 Å². The second kappa shape index (κ2) is 25.4. The maximum absolute atomic E-state index is 14.4. The average Bonchev–Trinajstić information content (AvgIpc) is 3.17.